The van der Waals surface area contributed by atoms with Crippen molar-refractivity contribution in [3.63, 3.8) is 0 Å². The zero-order valence-corrected chi connectivity index (χ0v) is 31.8. The van der Waals surface area contributed by atoms with Crippen molar-refractivity contribution >= 4 is 93.5 Å². The molecule has 2 aromatic rings. The standard InChI is InChI=1S/C34H36Cl6O8/c1-7-17-11-33(17,5)15(3)13-45-29(41)23-25(39)19(35)9-21(37)27(23)47-31(43)32(44)48-28-22(38)10-20(36)26(40)24(28)30(42)46-14-16(4)34(6)12-18(34)8-2/h9-10,15-18H,7-8,11-14H2,1-6H3/t15?,16?,17-,18?,33?,34?/m1/s1. The predicted octanol–water partition coefficient (Wildman–Crippen LogP) is 10.6. The van der Waals surface area contributed by atoms with Gasteiger partial charge < -0.3 is 18.9 Å². The smallest absolute Gasteiger partial charge is 0.423 e. The van der Waals surface area contributed by atoms with E-state index >= 15 is 0 Å². The summed E-state index contributed by atoms with van der Waals surface area (Å²) in [6.07, 6.45) is 4.04. The fourth-order valence-corrected chi connectivity index (χ4v) is 7.73. The molecule has 14 heteroatoms. The number of benzene rings is 2. The molecule has 5 unspecified atom stereocenters. The van der Waals surface area contributed by atoms with Crippen molar-refractivity contribution in [1.82, 2.24) is 0 Å². The minimum atomic E-state index is -1.64. The molecule has 262 valence electrons. The topological polar surface area (TPSA) is 105 Å². The highest BCUT2D eigenvalue weighted by Crippen LogP contribution is 2.60. The van der Waals surface area contributed by atoms with Crippen molar-refractivity contribution in [3.05, 3.63) is 53.4 Å². The molecular weight excluding hydrogens is 749 g/mol. The van der Waals surface area contributed by atoms with Gasteiger partial charge in [0.1, 0.15) is 11.1 Å². The molecular formula is C34H36Cl6O8. The van der Waals surface area contributed by atoms with Gasteiger partial charge >= 0.3 is 23.9 Å². The summed E-state index contributed by atoms with van der Waals surface area (Å²) in [5.74, 6) is -5.31. The Balaban J connectivity index is 1.52. The second-order valence-corrected chi connectivity index (χ2v) is 15.5. The molecule has 2 aromatic carbocycles. The summed E-state index contributed by atoms with van der Waals surface area (Å²) in [6.45, 7) is 12.5. The van der Waals surface area contributed by atoms with E-state index in [9.17, 15) is 19.2 Å². The Morgan fingerprint density at radius 3 is 1.29 bits per heavy atom. The van der Waals surface area contributed by atoms with Gasteiger partial charge in [0.15, 0.2) is 11.5 Å². The van der Waals surface area contributed by atoms with Gasteiger partial charge in [-0.3, -0.25) is 0 Å². The third-order valence-corrected chi connectivity index (χ3v) is 12.4. The zero-order chi connectivity index (χ0) is 35.9. The van der Waals surface area contributed by atoms with Gasteiger partial charge in [-0.1, -0.05) is 124 Å². The summed E-state index contributed by atoms with van der Waals surface area (Å²) in [4.78, 5) is 52.6. The van der Waals surface area contributed by atoms with Crippen LogP contribution in [0.15, 0.2) is 12.1 Å². The van der Waals surface area contributed by atoms with Crippen molar-refractivity contribution in [2.24, 2.45) is 34.5 Å². The largest absolute Gasteiger partial charge is 0.462 e. The Labute approximate surface area is 309 Å². The zero-order valence-electron chi connectivity index (χ0n) is 27.2. The lowest BCUT2D eigenvalue weighted by atomic mass is 9.90. The number of rotatable bonds is 12. The molecule has 0 spiro atoms. The maximum absolute atomic E-state index is 13.3. The van der Waals surface area contributed by atoms with E-state index in [1.54, 1.807) is 0 Å². The number of carbonyl (C=O) groups is 4. The predicted molar refractivity (Wildman–Crippen MR) is 186 cm³/mol. The molecule has 2 aliphatic carbocycles. The van der Waals surface area contributed by atoms with Crippen molar-refractivity contribution in [1.29, 1.82) is 0 Å². The lowest BCUT2D eigenvalue weighted by Crippen LogP contribution is -2.28. The van der Waals surface area contributed by atoms with Crippen LogP contribution in [0.5, 0.6) is 11.5 Å². The van der Waals surface area contributed by atoms with Crippen molar-refractivity contribution < 1.29 is 38.1 Å². The molecule has 2 saturated carbocycles. The van der Waals surface area contributed by atoms with Gasteiger partial charge in [-0.25, -0.2) is 19.2 Å². The number of hydrogen-bond acceptors (Lipinski definition) is 8. The van der Waals surface area contributed by atoms with Crippen LogP contribution in [0.1, 0.15) is 87.9 Å². The first-order valence-corrected chi connectivity index (χ1v) is 17.8. The Morgan fingerprint density at radius 2 is 1.00 bits per heavy atom. The second-order valence-electron chi connectivity index (χ2n) is 13.1. The quantitative estimate of drug-likeness (QED) is 0.0907. The van der Waals surface area contributed by atoms with E-state index in [0.29, 0.717) is 11.8 Å². The number of carbonyl (C=O) groups excluding carboxylic acids is 4. The van der Waals surface area contributed by atoms with Gasteiger partial charge in [0.05, 0.1) is 43.3 Å². The van der Waals surface area contributed by atoms with Crippen molar-refractivity contribution in [2.75, 3.05) is 13.2 Å². The van der Waals surface area contributed by atoms with Crippen molar-refractivity contribution in [3.8, 4) is 11.5 Å². The highest BCUT2D eigenvalue weighted by molar-refractivity contribution is 6.47. The van der Waals surface area contributed by atoms with Gasteiger partial charge in [-0.2, -0.15) is 0 Å². The average Bonchev–Trinajstić information content (AvgIpc) is 3.93. The molecule has 0 amide bonds. The number of esters is 4. The monoisotopic (exact) mass is 782 g/mol. The second kappa shape index (κ2) is 15.1. The summed E-state index contributed by atoms with van der Waals surface area (Å²) in [5, 5.41) is -1.49. The van der Waals surface area contributed by atoms with Gasteiger partial charge in [0.25, 0.3) is 0 Å². The van der Waals surface area contributed by atoms with Crippen molar-refractivity contribution in [2.45, 2.75) is 67.2 Å². The van der Waals surface area contributed by atoms with Gasteiger partial charge in [-0.15, -0.1) is 0 Å². The Hall–Kier alpha value is -1.94. The summed E-state index contributed by atoms with van der Waals surface area (Å²) >= 11 is 37.6. The van der Waals surface area contributed by atoms with Gasteiger partial charge in [-0.05, 0) is 59.5 Å². The van der Waals surface area contributed by atoms with Crippen LogP contribution in [0.25, 0.3) is 0 Å². The molecule has 0 saturated heterocycles. The maximum atomic E-state index is 13.3. The summed E-state index contributed by atoms with van der Waals surface area (Å²) < 4.78 is 21.5. The first kappa shape index (κ1) is 38.9. The summed E-state index contributed by atoms with van der Waals surface area (Å²) in [6, 6.07) is 2.26. The molecule has 0 radical (unpaired) electrons. The first-order valence-electron chi connectivity index (χ1n) is 15.5. The van der Waals surface area contributed by atoms with Crippen LogP contribution in [0.3, 0.4) is 0 Å². The van der Waals surface area contributed by atoms with E-state index in [4.69, 9.17) is 88.6 Å². The highest BCUT2D eigenvalue weighted by Gasteiger charge is 2.53. The third kappa shape index (κ3) is 7.84. The average molecular weight is 785 g/mol. The highest BCUT2D eigenvalue weighted by atomic mass is 35.5. The Morgan fingerprint density at radius 1 is 0.667 bits per heavy atom. The molecule has 4 rings (SSSR count). The molecule has 0 aliphatic heterocycles. The molecule has 8 nitrogen and oxygen atoms in total. The first-order chi connectivity index (χ1) is 22.4. The number of hydrogen-bond donors (Lipinski definition) is 0. The lowest BCUT2D eigenvalue weighted by molar-refractivity contribution is -0.156. The third-order valence-electron chi connectivity index (χ3n) is 10.3. The summed E-state index contributed by atoms with van der Waals surface area (Å²) in [5.41, 5.74) is -0.883. The summed E-state index contributed by atoms with van der Waals surface area (Å²) in [7, 11) is 0. The van der Waals surface area contributed by atoms with Gasteiger partial charge in [0.2, 0.25) is 0 Å². The van der Waals surface area contributed by atoms with E-state index in [1.807, 2.05) is 13.8 Å². The maximum Gasteiger partial charge on any atom is 0.423 e. The van der Waals surface area contributed by atoms with E-state index in [0.717, 1.165) is 37.8 Å². The van der Waals surface area contributed by atoms with Crippen LogP contribution in [-0.2, 0) is 19.1 Å². The van der Waals surface area contributed by atoms with Crippen LogP contribution < -0.4 is 9.47 Å². The van der Waals surface area contributed by atoms with Gasteiger partial charge in [0, 0.05) is 0 Å². The molecule has 48 heavy (non-hydrogen) atoms. The molecule has 0 N–H and O–H groups in total. The number of halogens is 6. The van der Waals surface area contributed by atoms with Crippen LogP contribution in [0, 0.1) is 34.5 Å². The molecule has 6 atom stereocenters. The lowest BCUT2D eigenvalue weighted by Gasteiger charge is -2.21. The van der Waals surface area contributed by atoms with E-state index < -0.39 is 46.5 Å². The van der Waals surface area contributed by atoms with Crippen LogP contribution in [0.4, 0.5) is 0 Å². The Kier molecular flexibility index (Phi) is 12.2. The van der Waals surface area contributed by atoms with Crippen LogP contribution in [-0.4, -0.2) is 37.1 Å². The normalized spacial score (nSPS) is 23.9. The van der Waals surface area contributed by atoms with E-state index in [-0.39, 0.29) is 66.0 Å². The fourth-order valence-electron chi connectivity index (χ4n) is 6.29. The molecule has 2 fully saturated rings. The number of ether oxygens (including phenoxy) is 4. The molecule has 2 aliphatic rings. The molecule has 0 heterocycles. The fraction of sp³-hybridized carbons (Fsp3) is 0.529. The SMILES string of the molecule is CCC1CC1(C)C(C)COC(=O)c1c(Cl)c(Cl)cc(Cl)c1OC(=O)C(=O)Oc1c(Cl)cc(Cl)c(Cl)c1C(=O)OCC(C)C1(C)C[C@H]1CC. The van der Waals surface area contributed by atoms with E-state index in [1.165, 1.54) is 0 Å². The molecule has 0 bridgehead atoms. The van der Waals surface area contributed by atoms with E-state index in [2.05, 4.69) is 27.7 Å². The molecule has 0 aromatic heterocycles. The Bertz CT molecular complexity index is 1530. The van der Waals surface area contributed by atoms with Crippen LogP contribution in [0.2, 0.25) is 30.1 Å². The minimum absolute atomic E-state index is 0.0194. The minimum Gasteiger partial charge on any atom is -0.462 e. The van der Waals surface area contributed by atoms with Crippen LogP contribution >= 0.6 is 69.6 Å².